The molecule has 114 valence electrons. The average molecular weight is 342 g/mol. The number of benzene rings is 1. The topological polar surface area (TPSA) is 125 Å². The zero-order valence-electron chi connectivity index (χ0n) is 10.7. The zero-order valence-corrected chi connectivity index (χ0v) is 12.3. The van der Waals surface area contributed by atoms with Gasteiger partial charge in [-0.3, -0.25) is 4.79 Å². The molecule has 0 unspecified atom stereocenters. The molecule has 10 heteroatoms. The first kappa shape index (κ1) is 14.4. The summed E-state index contributed by atoms with van der Waals surface area (Å²) in [5.41, 5.74) is -2.53. The lowest BCUT2D eigenvalue weighted by atomic mass is 10.2. The summed E-state index contributed by atoms with van der Waals surface area (Å²) >= 11 is 5.88. The lowest BCUT2D eigenvalue weighted by Crippen LogP contribution is -2.33. The fourth-order valence-corrected chi connectivity index (χ4v) is 3.70. The number of aromatic nitrogens is 3. The Bertz CT molecular complexity index is 1100. The molecular formula is C12H8ClN3O5S. The van der Waals surface area contributed by atoms with Crippen molar-refractivity contribution in [3.8, 4) is 0 Å². The lowest BCUT2D eigenvalue weighted by molar-refractivity contribution is 0.162. The van der Waals surface area contributed by atoms with Crippen LogP contribution in [0.4, 0.5) is 0 Å². The first-order valence-corrected chi connectivity index (χ1v) is 7.75. The Morgan fingerprint density at radius 3 is 2.55 bits per heavy atom. The molecule has 0 aliphatic carbocycles. The number of rotatable bonds is 2. The summed E-state index contributed by atoms with van der Waals surface area (Å²) in [6.45, 7) is 0. The van der Waals surface area contributed by atoms with Gasteiger partial charge in [0.15, 0.2) is 0 Å². The largest absolute Gasteiger partial charge is 0.421 e. The summed E-state index contributed by atoms with van der Waals surface area (Å²) in [6, 6.07) is 5.22. The van der Waals surface area contributed by atoms with Crippen LogP contribution in [0.5, 0.6) is 0 Å². The molecule has 3 N–H and O–H groups in total. The Morgan fingerprint density at radius 2 is 1.91 bits per heavy atom. The van der Waals surface area contributed by atoms with Gasteiger partial charge in [-0.1, -0.05) is 16.3 Å². The van der Waals surface area contributed by atoms with Crippen LogP contribution in [0, 0.1) is 0 Å². The van der Waals surface area contributed by atoms with E-state index in [-0.39, 0.29) is 30.6 Å². The molecule has 0 bridgehead atoms. The van der Waals surface area contributed by atoms with Crippen LogP contribution in [0.1, 0.15) is 0 Å². The summed E-state index contributed by atoms with van der Waals surface area (Å²) in [5.74, 6) is 0. The van der Waals surface area contributed by atoms with E-state index in [1.807, 2.05) is 0 Å². The molecule has 3 aromatic rings. The number of H-pyrrole nitrogens is 2. The first-order valence-electron chi connectivity index (χ1n) is 5.89. The summed E-state index contributed by atoms with van der Waals surface area (Å²) < 4.78 is 25.0. The number of fused-ring (bicyclic) bond motifs is 1. The van der Waals surface area contributed by atoms with Crippen molar-refractivity contribution in [2.75, 3.05) is 0 Å². The van der Waals surface area contributed by atoms with E-state index in [0.29, 0.717) is 0 Å². The van der Waals surface area contributed by atoms with E-state index < -0.39 is 21.1 Å². The van der Waals surface area contributed by atoms with Crippen LogP contribution in [0.25, 0.3) is 10.9 Å². The second-order valence-corrected chi connectivity index (χ2v) is 6.67. The number of aromatic amines is 2. The van der Waals surface area contributed by atoms with Gasteiger partial charge >= 0.3 is 5.69 Å². The van der Waals surface area contributed by atoms with Crippen molar-refractivity contribution in [1.82, 2.24) is 14.7 Å². The Balaban J connectivity index is 2.51. The zero-order chi connectivity index (χ0) is 16.1. The maximum atomic E-state index is 12.6. The van der Waals surface area contributed by atoms with Crippen LogP contribution >= 0.6 is 11.6 Å². The van der Waals surface area contributed by atoms with Crippen molar-refractivity contribution in [3.63, 3.8) is 0 Å². The molecule has 0 fully saturated rings. The second-order valence-electron chi connectivity index (χ2n) is 4.38. The van der Waals surface area contributed by atoms with Gasteiger partial charge in [-0.05, 0) is 24.3 Å². The normalized spacial score (nSPS) is 11.9. The van der Waals surface area contributed by atoms with Crippen LogP contribution in [-0.2, 0) is 9.84 Å². The van der Waals surface area contributed by atoms with Crippen molar-refractivity contribution >= 4 is 32.3 Å². The van der Waals surface area contributed by atoms with Crippen molar-refractivity contribution in [2.45, 2.75) is 9.92 Å². The van der Waals surface area contributed by atoms with Crippen LogP contribution in [0.2, 0.25) is 5.02 Å². The van der Waals surface area contributed by atoms with Gasteiger partial charge in [0.05, 0.1) is 20.8 Å². The van der Waals surface area contributed by atoms with Crippen LogP contribution in [-0.4, -0.2) is 28.3 Å². The quantitative estimate of drug-likeness (QED) is 0.593. The van der Waals surface area contributed by atoms with Gasteiger partial charge in [0.1, 0.15) is 5.03 Å². The van der Waals surface area contributed by atoms with E-state index in [4.69, 9.17) is 11.6 Å². The molecule has 2 heterocycles. The standard InChI is InChI=1S/C12H8ClN3O5S/c13-6-3-4-7(22(20,21)8-2-1-5-14-8)10-9(6)11(17)16(19)12(18)15-10/h1-5,14,19H,(H,15,18). The monoisotopic (exact) mass is 341 g/mol. The number of sulfone groups is 1. The summed E-state index contributed by atoms with van der Waals surface area (Å²) in [6.07, 6.45) is 1.43. The van der Waals surface area contributed by atoms with Gasteiger partial charge < -0.3 is 15.2 Å². The van der Waals surface area contributed by atoms with E-state index in [0.717, 1.165) is 0 Å². The third-order valence-electron chi connectivity index (χ3n) is 3.10. The van der Waals surface area contributed by atoms with Gasteiger partial charge in [-0.2, -0.15) is 0 Å². The highest BCUT2D eigenvalue weighted by molar-refractivity contribution is 7.91. The third-order valence-corrected chi connectivity index (χ3v) is 5.16. The number of hydrogen-bond donors (Lipinski definition) is 3. The molecule has 22 heavy (non-hydrogen) atoms. The first-order chi connectivity index (χ1) is 10.3. The van der Waals surface area contributed by atoms with Crippen molar-refractivity contribution in [2.24, 2.45) is 0 Å². The molecule has 0 amide bonds. The predicted octanol–water partition coefficient (Wildman–Crippen LogP) is 0.741. The Hall–Kier alpha value is -2.52. The molecule has 0 saturated carbocycles. The van der Waals surface area contributed by atoms with Gasteiger partial charge in [0.25, 0.3) is 5.56 Å². The molecule has 1 aromatic carbocycles. The molecule has 0 saturated heterocycles. The highest BCUT2D eigenvalue weighted by atomic mass is 35.5. The summed E-state index contributed by atoms with van der Waals surface area (Å²) in [4.78, 5) is 27.9. The molecule has 0 aliphatic heterocycles. The number of nitrogens with one attached hydrogen (secondary N) is 2. The highest BCUT2D eigenvalue weighted by Gasteiger charge is 2.24. The Labute approximate surface area is 127 Å². The van der Waals surface area contributed by atoms with Crippen LogP contribution in [0.3, 0.4) is 0 Å². The van der Waals surface area contributed by atoms with Crippen molar-refractivity contribution in [1.29, 1.82) is 0 Å². The molecule has 0 spiro atoms. The van der Waals surface area contributed by atoms with Crippen LogP contribution < -0.4 is 11.2 Å². The van der Waals surface area contributed by atoms with Gasteiger partial charge in [0, 0.05) is 6.20 Å². The molecule has 0 radical (unpaired) electrons. The molecule has 3 rings (SSSR count). The average Bonchev–Trinajstić information content (AvgIpc) is 2.99. The minimum Gasteiger partial charge on any atom is -0.421 e. The number of halogens is 1. The smallest absolute Gasteiger partial charge is 0.362 e. The molecule has 2 aromatic heterocycles. The van der Waals surface area contributed by atoms with Crippen molar-refractivity contribution in [3.05, 3.63) is 56.3 Å². The maximum absolute atomic E-state index is 12.6. The maximum Gasteiger partial charge on any atom is 0.362 e. The Morgan fingerprint density at radius 1 is 1.18 bits per heavy atom. The minimum absolute atomic E-state index is 0.0931. The SMILES string of the molecule is O=c1[nH]c2c(S(=O)(=O)c3ccc[nH]3)ccc(Cl)c2c(=O)n1O. The van der Waals surface area contributed by atoms with E-state index in [2.05, 4.69) is 9.97 Å². The lowest BCUT2D eigenvalue weighted by Gasteiger charge is -2.08. The van der Waals surface area contributed by atoms with E-state index >= 15 is 0 Å². The van der Waals surface area contributed by atoms with Gasteiger partial charge in [-0.15, -0.1) is 0 Å². The van der Waals surface area contributed by atoms with Gasteiger partial charge in [-0.25, -0.2) is 13.2 Å². The minimum atomic E-state index is -4.00. The van der Waals surface area contributed by atoms with E-state index in [9.17, 15) is 23.2 Å². The number of nitrogens with zero attached hydrogens (tertiary/aromatic N) is 1. The predicted molar refractivity (Wildman–Crippen MR) is 77.3 cm³/mol. The Kier molecular flexibility index (Phi) is 3.11. The molecule has 0 aliphatic rings. The van der Waals surface area contributed by atoms with Crippen LogP contribution in [0.15, 0.2) is 50.0 Å². The summed E-state index contributed by atoms with van der Waals surface area (Å²) in [5, 5.41) is 8.86. The molecule has 8 nitrogen and oxygen atoms in total. The molecular weight excluding hydrogens is 334 g/mol. The third kappa shape index (κ3) is 1.94. The highest BCUT2D eigenvalue weighted by Crippen LogP contribution is 2.28. The summed E-state index contributed by atoms with van der Waals surface area (Å²) in [7, 11) is -4.00. The fraction of sp³-hybridized carbons (Fsp3) is 0. The molecule has 0 atom stereocenters. The van der Waals surface area contributed by atoms with E-state index in [1.165, 1.54) is 30.5 Å². The number of hydrogen-bond acceptors (Lipinski definition) is 5. The van der Waals surface area contributed by atoms with E-state index in [1.54, 1.807) is 0 Å². The van der Waals surface area contributed by atoms with Crippen molar-refractivity contribution < 1.29 is 13.6 Å². The fourth-order valence-electron chi connectivity index (χ4n) is 2.07. The second kappa shape index (κ2) is 4.75. The van der Waals surface area contributed by atoms with Gasteiger partial charge in [0.2, 0.25) is 9.84 Å².